The lowest BCUT2D eigenvalue weighted by Crippen LogP contribution is -1.99. The Bertz CT molecular complexity index is 417. The largest absolute Gasteiger partial charge is 0.306 e. The molecule has 0 unspecified atom stereocenters. The first-order valence-electron chi connectivity index (χ1n) is 3.25. The van der Waals surface area contributed by atoms with Crippen LogP contribution in [0.15, 0.2) is 22.7 Å². The Hall–Kier alpha value is -0.490. The molecule has 0 N–H and O–H groups in total. The molecule has 1 aromatic rings. The Balaban J connectivity index is 3.10. The van der Waals surface area contributed by atoms with Crippen LogP contribution in [0.4, 0.5) is 8.28 Å². The summed E-state index contributed by atoms with van der Waals surface area (Å²) in [7, 11) is -4.68. The lowest BCUT2D eigenvalue weighted by molar-refractivity contribution is 0.546. The van der Waals surface area contributed by atoms with E-state index in [1.807, 2.05) is 0 Å². The first kappa shape index (κ1) is 10.6. The summed E-state index contributed by atoms with van der Waals surface area (Å²) >= 11 is 2.86. The molecule has 0 bridgehead atoms. The predicted octanol–water partition coefficient (Wildman–Crippen LogP) is 2.39. The Kier molecular flexibility index (Phi) is 3.02. The Morgan fingerprint density at radius 1 is 1.38 bits per heavy atom. The quantitative estimate of drug-likeness (QED) is 0.774. The van der Waals surface area contributed by atoms with Gasteiger partial charge in [-0.25, -0.2) is 4.39 Å². The van der Waals surface area contributed by atoms with Gasteiger partial charge in [0.1, 0.15) is 11.6 Å². The van der Waals surface area contributed by atoms with Crippen molar-refractivity contribution in [2.24, 2.45) is 0 Å². The van der Waals surface area contributed by atoms with Crippen LogP contribution in [0.2, 0.25) is 0 Å². The van der Waals surface area contributed by atoms with Crippen LogP contribution in [0, 0.1) is 5.82 Å². The third kappa shape index (κ3) is 3.04. The first-order valence-corrected chi connectivity index (χ1v) is 5.60. The average Bonchev–Trinajstić information content (AvgIpc) is 1.96. The van der Waals surface area contributed by atoms with Crippen LogP contribution < -0.4 is 0 Å². The summed E-state index contributed by atoms with van der Waals surface area (Å²) in [6.45, 7) is 0. The lowest BCUT2D eigenvalue weighted by Gasteiger charge is -2.00. The van der Waals surface area contributed by atoms with Crippen LogP contribution in [0.1, 0.15) is 5.56 Å². The second-order valence-electron chi connectivity index (χ2n) is 2.40. The fourth-order valence-corrected chi connectivity index (χ4v) is 1.85. The maximum absolute atomic E-state index is 13.1. The van der Waals surface area contributed by atoms with E-state index in [1.165, 1.54) is 18.2 Å². The minimum Gasteiger partial charge on any atom is -0.205 e. The first-order chi connectivity index (χ1) is 5.90. The summed E-state index contributed by atoms with van der Waals surface area (Å²) in [5, 5.41) is 0. The normalized spacial score (nSPS) is 11.6. The van der Waals surface area contributed by atoms with Gasteiger partial charge >= 0.3 is 10.2 Å². The molecule has 0 fully saturated rings. The van der Waals surface area contributed by atoms with Crippen LogP contribution in [-0.2, 0) is 16.0 Å². The van der Waals surface area contributed by atoms with E-state index in [0.29, 0.717) is 0 Å². The number of halogens is 3. The van der Waals surface area contributed by atoms with E-state index in [-0.39, 0.29) is 10.0 Å². The molecule has 72 valence electrons. The van der Waals surface area contributed by atoms with E-state index >= 15 is 0 Å². The summed E-state index contributed by atoms with van der Waals surface area (Å²) in [4.78, 5) is 0. The number of rotatable bonds is 2. The lowest BCUT2D eigenvalue weighted by atomic mass is 10.2. The smallest absolute Gasteiger partial charge is 0.205 e. The van der Waals surface area contributed by atoms with Crippen LogP contribution >= 0.6 is 15.9 Å². The van der Waals surface area contributed by atoms with Crippen molar-refractivity contribution in [3.05, 3.63) is 34.1 Å². The van der Waals surface area contributed by atoms with Crippen molar-refractivity contribution >= 4 is 26.2 Å². The zero-order valence-corrected chi connectivity index (χ0v) is 8.70. The molecule has 13 heavy (non-hydrogen) atoms. The highest BCUT2D eigenvalue weighted by Crippen LogP contribution is 2.20. The molecule has 6 heteroatoms. The highest BCUT2D eigenvalue weighted by Gasteiger charge is 2.14. The van der Waals surface area contributed by atoms with E-state index < -0.39 is 21.8 Å². The molecule has 0 spiro atoms. The fourth-order valence-electron chi connectivity index (χ4n) is 0.846. The SMILES string of the molecule is O=S(=O)(F)Cc1cccc(Br)c1F. The van der Waals surface area contributed by atoms with E-state index in [0.717, 1.165) is 0 Å². The van der Waals surface area contributed by atoms with Crippen LogP contribution in [-0.4, -0.2) is 8.42 Å². The molecule has 0 radical (unpaired) electrons. The molecule has 1 rings (SSSR count). The highest BCUT2D eigenvalue weighted by molar-refractivity contribution is 9.10. The van der Waals surface area contributed by atoms with Crippen molar-refractivity contribution < 1.29 is 16.7 Å². The molecule has 0 heterocycles. The van der Waals surface area contributed by atoms with Gasteiger partial charge in [0.25, 0.3) is 0 Å². The molecule has 0 amide bonds. The number of hydrogen-bond donors (Lipinski definition) is 0. The summed E-state index contributed by atoms with van der Waals surface area (Å²) in [6, 6.07) is 4.06. The topological polar surface area (TPSA) is 34.1 Å². The summed E-state index contributed by atoms with van der Waals surface area (Å²) in [5.41, 5.74) is -0.183. The maximum atomic E-state index is 13.1. The van der Waals surface area contributed by atoms with Crippen molar-refractivity contribution in [3.8, 4) is 0 Å². The van der Waals surface area contributed by atoms with Gasteiger partial charge in [0.2, 0.25) is 0 Å². The summed E-state index contributed by atoms with van der Waals surface area (Å²) < 4.78 is 45.8. The Morgan fingerprint density at radius 3 is 2.54 bits per heavy atom. The van der Waals surface area contributed by atoms with Crippen LogP contribution in [0.25, 0.3) is 0 Å². The Labute approximate surface area is 82.9 Å². The second kappa shape index (κ2) is 3.71. The third-order valence-corrected chi connectivity index (χ3v) is 2.63. The van der Waals surface area contributed by atoms with Gasteiger partial charge in [-0.2, -0.15) is 8.42 Å². The molecule has 0 aliphatic heterocycles. The van der Waals surface area contributed by atoms with Gasteiger partial charge in [-0.15, -0.1) is 3.89 Å². The van der Waals surface area contributed by atoms with Gasteiger partial charge in [-0.05, 0) is 22.0 Å². The number of hydrogen-bond acceptors (Lipinski definition) is 2. The van der Waals surface area contributed by atoms with Gasteiger partial charge < -0.3 is 0 Å². The van der Waals surface area contributed by atoms with Crippen molar-refractivity contribution in [1.82, 2.24) is 0 Å². The molecule has 2 nitrogen and oxygen atoms in total. The van der Waals surface area contributed by atoms with E-state index in [4.69, 9.17) is 0 Å². The molecule has 0 atom stereocenters. The minimum absolute atomic E-state index is 0.119. The van der Waals surface area contributed by atoms with Gasteiger partial charge in [0.15, 0.2) is 0 Å². The van der Waals surface area contributed by atoms with Crippen molar-refractivity contribution in [2.45, 2.75) is 5.75 Å². The fraction of sp³-hybridized carbons (Fsp3) is 0.143. The second-order valence-corrected chi connectivity index (χ2v) is 4.62. The van der Waals surface area contributed by atoms with Gasteiger partial charge in [-0.3, -0.25) is 0 Å². The zero-order chi connectivity index (χ0) is 10.1. The Morgan fingerprint density at radius 2 is 2.00 bits per heavy atom. The van der Waals surface area contributed by atoms with Gasteiger partial charge in [-0.1, -0.05) is 12.1 Å². The molecule has 0 aliphatic carbocycles. The monoisotopic (exact) mass is 270 g/mol. The highest BCUT2D eigenvalue weighted by atomic mass is 79.9. The van der Waals surface area contributed by atoms with Crippen molar-refractivity contribution in [3.63, 3.8) is 0 Å². The van der Waals surface area contributed by atoms with Crippen molar-refractivity contribution in [1.29, 1.82) is 0 Å². The van der Waals surface area contributed by atoms with Gasteiger partial charge in [0, 0.05) is 5.56 Å². The molecule has 0 aliphatic rings. The minimum atomic E-state index is -4.68. The van der Waals surface area contributed by atoms with E-state index in [2.05, 4.69) is 15.9 Å². The molecule has 0 saturated carbocycles. The molecule has 0 aromatic heterocycles. The predicted molar refractivity (Wildman–Crippen MR) is 47.8 cm³/mol. The molecular formula is C7H5BrF2O2S. The van der Waals surface area contributed by atoms with Crippen molar-refractivity contribution in [2.75, 3.05) is 0 Å². The van der Waals surface area contributed by atoms with Gasteiger partial charge in [0.05, 0.1) is 4.47 Å². The van der Waals surface area contributed by atoms with E-state index in [9.17, 15) is 16.7 Å². The summed E-state index contributed by atoms with van der Waals surface area (Å²) in [5.74, 6) is -1.68. The maximum Gasteiger partial charge on any atom is 0.306 e. The van der Waals surface area contributed by atoms with Crippen LogP contribution in [0.3, 0.4) is 0 Å². The third-order valence-electron chi connectivity index (χ3n) is 1.36. The van der Waals surface area contributed by atoms with Crippen LogP contribution in [0.5, 0.6) is 0 Å². The molecule has 0 saturated heterocycles. The standard InChI is InChI=1S/C7H5BrF2O2S/c8-6-3-1-2-5(7(6)9)4-13(10,11)12/h1-3H,4H2. The average molecular weight is 271 g/mol. The number of benzene rings is 1. The molecule has 1 aromatic carbocycles. The molecular weight excluding hydrogens is 266 g/mol. The summed E-state index contributed by atoms with van der Waals surface area (Å²) in [6.07, 6.45) is 0. The van der Waals surface area contributed by atoms with E-state index in [1.54, 1.807) is 0 Å². The zero-order valence-electron chi connectivity index (χ0n) is 6.30.